The first kappa shape index (κ1) is 15.4. The molecule has 1 aliphatic rings. The molecule has 3 nitrogen and oxygen atoms in total. The molecule has 1 aromatic heterocycles. The van der Waals surface area contributed by atoms with Crippen molar-refractivity contribution >= 4 is 10.8 Å². The second kappa shape index (κ2) is 7.21. The lowest BCUT2D eigenvalue weighted by Crippen LogP contribution is -2.37. The van der Waals surface area contributed by atoms with Gasteiger partial charge >= 0.3 is 0 Å². The Kier molecular flexibility index (Phi) is 5.06. The maximum absolute atomic E-state index is 6.57. The predicted octanol–water partition coefficient (Wildman–Crippen LogP) is 3.75. The Hall–Kier alpha value is -1.45. The fourth-order valence-electron chi connectivity index (χ4n) is 3.50. The van der Waals surface area contributed by atoms with Gasteiger partial charge in [-0.1, -0.05) is 25.5 Å². The Balaban J connectivity index is 1.64. The van der Waals surface area contributed by atoms with E-state index < -0.39 is 0 Å². The minimum absolute atomic E-state index is 0.158. The lowest BCUT2D eigenvalue weighted by atomic mass is 9.85. The van der Waals surface area contributed by atoms with E-state index >= 15 is 0 Å². The Labute approximate surface area is 133 Å². The first-order valence-electron chi connectivity index (χ1n) is 8.59. The summed E-state index contributed by atoms with van der Waals surface area (Å²) in [6.07, 6.45) is 8.81. The molecule has 2 aromatic rings. The summed E-state index contributed by atoms with van der Waals surface area (Å²) < 4.78 is 0. The molecule has 0 spiro atoms. The average Bonchev–Trinajstić information content (AvgIpc) is 2.59. The molecule has 0 saturated carbocycles. The van der Waals surface area contributed by atoms with E-state index in [-0.39, 0.29) is 6.04 Å². The molecule has 0 aliphatic carbocycles. The first-order chi connectivity index (χ1) is 10.8. The Morgan fingerprint density at radius 1 is 1.23 bits per heavy atom. The molecule has 1 aliphatic heterocycles. The molecular weight excluding hydrogens is 270 g/mol. The number of nitrogens with zero attached hydrogens (tertiary/aromatic N) is 2. The first-order valence-corrected chi connectivity index (χ1v) is 8.59. The molecule has 1 atom stereocenters. The summed E-state index contributed by atoms with van der Waals surface area (Å²) in [7, 11) is 0. The molecule has 1 fully saturated rings. The molecule has 1 unspecified atom stereocenters. The van der Waals surface area contributed by atoms with E-state index in [0.29, 0.717) is 5.92 Å². The van der Waals surface area contributed by atoms with Gasteiger partial charge in [-0.3, -0.25) is 4.98 Å². The average molecular weight is 297 g/mol. The maximum atomic E-state index is 6.57. The zero-order valence-corrected chi connectivity index (χ0v) is 13.5. The number of unbranched alkanes of at least 4 members (excludes halogenated alkanes) is 1. The van der Waals surface area contributed by atoms with Crippen LogP contribution in [0.1, 0.15) is 44.2 Å². The summed E-state index contributed by atoms with van der Waals surface area (Å²) in [4.78, 5) is 6.77. The molecule has 3 heteroatoms. The van der Waals surface area contributed by atoms with Crippen molar-refractivity contribution in [1.82, 2.24) is 9.88 Å². The Bertz CT molecular complexity index is 602. The highest BCUT2D eigenvalue weighted by atomic mass is 15.1. The predicted molar refractivity (Wildman–Crippen MR) is 92.7 cm³/mol. The van der Waals surface area contributed by atoms with Gasteiger partial charge in [0.05, 0.1) is 0 Å². The molecular formula is C19H27N3. The van der Waals surface area contributed by atoms with Crippen molar-refractivity contribution < 1.29 is 0 Å². The monoisotopic (exact) mass is 297 g/mol. The summed E-state index contributed by atoms with van der Waals surface area (Å²) in [5.74, 6) is 0.608. The number of hydrogen-bond acceptors (Lipinski definition) is 3. The number of fused-ring (bicyclic) bond motifs is 1. The number of aromatic nitrogens is 1. The van der Waals surface area contributed by atoms with Crippen molar-refractivity contribution in [2.24, 2.45) is 11.7 Å². The zero-order chi connectivity index (χ0) is 15.4. The molecule has 2 heterocycles. The number of rotatable bonds is 5. The summed E-state index contributed by atoms with van der Waals surface area (Å²) in [6.45, 7) is 5.92. The van der Waals surface area contributed by atoms with Crippen LogP contribution in [0.2, 0.25) is 0 Å². The Morgan fingerprint density at radius 2 is 2.05 bits per heavy atom. The van der Waals surface area contributed by atoms with Crippen LogP contribution in [0.4, 0.5) is 0 Å². The van der Waals surface area contributed by atoms with Gasteiger partial charge in [-0.15, -0.1) is 0 Å². The lowest BCUT2D eigenvalue weighted by Gasteiger charge is -2.35. The third-order valence-electron chi connectivity index (χ3n) is 5.02. The molecule has 0 bridgehead atoms. The van der Waals surface area contributed by atoms with E-state index in [1.807, 2.05) is 12.4 Å². The van der Waals surface area contributed by atoms with E-state index in [1.165, 1.54) is 61.7 Å². The van der Waals surface area contributed by atoms with Crippen LogP contribution in [-0.2, 0) is 0 Å². The quantitative estimate of drug-likeness (QED) is 0.914. The summed E-state index contributed by atoms with van der Waals surface area (Å²) >= 11 is 0. The second-order valence-corrected chi connectivity index (χ2v) is 6.54. The maximum Gasteiger partial charge on any atom is 0.0346 e. The molecule has 118 valence electrons. The number of benzene rings is 1. The van der Waals surface area contributed by atoms with Crippen LogP contribution in [0.5, 0.6) is 0 Å². The summed E-state index contributed by atoms with van der Waals surface area (Å²) in [6, 6.07) is 8.79. The van der Waals surface area contributed by atoms with Gasteiger partial charge in [-0.05, 0) is 67.9 Å². The van der Waals surface area contributed by atoms with Gasteiger partial charge in [-0.2, -0.15) is 0 Å². The number of hydrogen-bond donors (Lipinski definition) is 1. The van der Waals surface area contributed by atoms with Crippen LogP contribution < -0.4 is 5.73 Å². The van der Waals surface area contributed by atoms with Crippen molar-refractivity contribution in [1.29, 1.82) is 0 Å². The normalized spacial score (nSPS) is 18.6. The molecule has 22 heavy (non-hydrogen) atoms. The summed E-state index contributed by atoms with van der Waals surface area (Å²) in [5.41, 5.74) is 7.84. The van der Waals surface area contributed by atoms with Crippen LogP contribution in [0.3, 0.4) is 0 Å². The van der Waals surface area contributed by atoms with Gasteiger partial charge in [0, 0.05) is 23.8 Å². The third kappa shape index (κ3) is 3.47. The SMILES string of the molecule is CCCCN1CCC(C(N)c2ccc3cnccc3c2)CC1. The van der Waals surface area contributed by atoms with Gasteiger partial charge < -0.3 is 10.6 Å². The van der Waals surface area contributed by atoms with E-state index in [9.17, 15) is 0 Å². The number of piperidine rings is 1. The highest BCUT2D eigenvalue weighted by Gasteiger charge is 2.25. The van der Waals surface area contributed by atoms with Gasteiger partial charge in [0.15, 0.2) is 0 Å². The molecule has 3 rings (SSSR count). The molecule has 0 amide bonds. The van der Waals surface area contributed by atoms with Crippen LogP contribution in [0.15, 0.2) is 36.7 Å². The molecule has 1 saturated heterocycles. The number of pyridine rings is 1. The second-order valence-electron chi connectivity index (χ2n) is 6.54. The van der Waals surface area contributed by atoms with Crippen LogP contribution in [-0.4, -0.2) is 29.5 Å². The highest BCUT2D eigenvalue weighted by Crippen LogP contribution is 2.30. The van der Waals surface area contributed by atoms with Crippen LogP contribution >= 0.6 is 0 Å². The highest BCUT2D eigenvalue weighted by molar-refractivity contribution is 5.82. The minimum atomic E-state index is 0.158. The topological polar surface area (TPSA) is 42.1 Å². The van der Waals surface area contributed by atoms with Crippen molar-refractivity contribution in [2.45, 2.75) is 38.6 Å². The van der Waals surface area contributed by atoms with E-state index in [2.05, 4.69) is 41.1 Å². The molecule has 1 aromatic carbocycles. The fourth-order valence-corrected chi connectivity index (χ4v) is 3.50. The van der Waals surface area contributed by atoms with Gasteiger partial charge in [0.25, 0.3) is 0 Å². The Morgan fingerprint density at radius 3 is 2.82 bits per heavy atom. The van der Waals surface area contributed by atoms with Crippen LogP contribution in [0.25, 0.3) is 10.8 Å². The van der Waals surface area contributed by atoms with Gasteiger partial charge in [0.2, 0.25) is 0 Å². The number of likely N-dealkylation sites (tertiary alicyclic amines) is 1. The summed E-state index contributed by atoms with van der Waals surface area (Å²) in [5, 5.41) is 2.43. The standard InChI is InChI=1S/C19H27N3/c1-2-3-10-22-11-7-15(8-12-22)19(20)17-4-5-18-14-21-9-6-16(18)13-17/h4-6,9,13-15,19H,2-3,7-8,10-12,20H2,1H3. The van der Waals surface area contributed by atoms with Crippen molar-refractivity contribution in [3.63, 3.8) is 0 Å². The van der Waals surface area contributed by atoms with Gasteiger partial charge in [0.1, 0.15) is 0 Å². The van der Waals surface area contributed by atoms with Gasteiger partial charge in [-0.25, -0.2) is 0 Å². The van der Waals surface area contributed by atoms with Crippen molar-refractivity contribution in [2.75, 3.05) is 19.6 Å². The van der Waals surface area contributed by atoms with Crippen LogP contribution in [0, 0.1) is 5.92 Å². The van der Waals surface area contributed by atoms with E-state index in [1.54, 1.807) is 0 Å². The largest absolute Gasteiger partial charge is 0.324 e. The number of nitrogens with two attached hydrogens (primary N) is 1. The minimum Gasteiger partial charge on any atom is -0.324 e. The smallest absolute Gasteiger partial charge is 0.0346 e. The fraction of sp³-hybridized carbons (Fsp3) is 0.526. The van der Waals surface area contributed by atoms with E-state index in [4.69, 9.17) is 5.73 Å². The third-order valence-corrected chi connectivity index (χ3v) is 5.02. The van der Waals surface area contributed by atoms with Crippen molar-refractivity contribution in [3.8, 4) is 0 Å². The lowest BCUT2D eigenvalue weighted by molar-refractivity contribution is 0.167. The zero-order valence-electron chi connectivity index (χ0n) is 13.5. The molecule has 2 N–H and O–H groups in total. The van der Waals surface area contributed by atoms with E-state index in [0.717, 1.165) is 0 Å². The molecule has 0 radical (unpaired) electrons. The van der Waals surface area contributed by atoms with Crippen molar-refractivity contribution in [3.05, 3.63) is 42.2 Å².